The molecule has 116 valence electrons. The molecule has 1 aromatic rings. The van der Waals surface area contributed by atoms with Crippen LogP contribution < -0.4 is 10.1 Å². The van der Waals surface area contributed by atoms with Crippen molar-refractivity contribution in [2.24, 2.45) is 0 Å². The number of hydrogen-bond donors (Lipinski definition) is 1. The van der Waals surface area contributed by atoms with Crippen molar-refractivity contribution in [2.75, 3.05) is 19.8 Å². The Bertz CT molecular complexity index is 509. The topological polar surface area (TPSA) is 90.7 Å². The summed E-state index contributed by atoms with van der Waals surface area (Å²) >= 11 is 0. The van der Waals surface area contributed by atoms with Crippen molar-refractivity contribution in [3.63, 3.8) is 0 Å². The Balaban J connectivity index is 2.69. The fourth-order valence-electron chi connectivity index (χ4n) is 1.60. The molecule has 21 heavy (non-hydrogen) atoms. The summed E-state index contributed by atoms with van der Waals surface area (Å²) < 4.78 is 23.6. The molecule has 0 radical (unpaired) electrons. The van der Waals surface area contributed by atoms with Crippen LogP contribution >= 0.6 is 0 Å². The first-order valence-electron chi connectivity index (χ1n) is 6.46. The van der Waals surface area contributed by atoms with Gasteiger partial charge in [-0.3, -0.25) is 14.9 Å². The van der Waals surface area contributed by atoms with E-state index in [2.05, 4.69) is 5.32 Å². The van der Waals surface area contributed by atoms with E-state index < -0.39 is 28.4 Å². The number of ether oxygens (including phenoxy) is 2. The first-order valence-corrected chi connectivity index (χ1v) is 6.46. The van der Waals surface area contributed by atoms with E-state index in [0.29, 0.717) is 6.54 Å². The van der Waals surface area contributed by atoms with Crippen molar-refractivity contribution in [1.82, 2.24) is 5.32 Å². The largest absolute Gasteiger partial charge is 0.491 e. The minimum Gasteiger partial charge on any atom is -0.491 e. The summed E-state index contributed by atoms with van der Waals surface area (Å²) in [6.07, 6.45) is 0. The van der Waals surface area contributed by atoms with E-state index >= 15 is 0 Å². The SMILES string of the molecule is CCNC(COc1ccc([N+](=O)[O-])c(F)c1)C(=O)OCC. The van der Waals surface area contributed by atoms with Gasteiger partial charge in [0.1, 0.15) is 18.4 Å². The number of carbonyl (C=O) groups excluding carboxylic acids is 1. The number of rotatable bonds is 8. The summed E-state index contributed by atoms with van der Waals surface area (Å²) in [5.74, 6) is -1.36. The fourth-order valence-corrected chi connectivity index (χ4v) is 1.60. The summed E-state index contributed by atoms with van der Waals surface area (Å²) in [6, 6.07) is 2.51. The smallest absolute Gasteiger partial charge is 0.326 e. The second-order valence-corrected chi connectivity index (χ2v) is 4.04. The van der Waals surface area contributed by atoms with Gasteiger partial charge in [-0.25, -0.2) is 0 Å². The maximum atomic E-state index is 13.4. The molecule has 0 aliphatic carbocycles. The van der Waals surface area contributed by atoms with Crippen molar-refractivity contribution < 1.29 is 23.6 Å². The number of nitro groups is 1. The summed E-state index contributed by atoms with van der Waals surface area (Å²) in [5.41, 5.74) is -0.629. The van der Waals surface area contributed by atoms with Crippen molar-refractivity contribution >= 4 is 11.7 Å². The number of benzene rings is 1. The van der Waals surface area contributed by atoms with Crippen molar-refractivity contribution in [2.45, 2.75) is 19.9 Å². The van der Waals surface area contributed by atoms with Gasteiger partial charge in [0.2, 0.25) is 5.82 Å². The van der Waals surface area contributed by atoms with Gasteiger partial charge in [-0.05, 0) is 19.5 Å². The fraction of sp³-hybridized carbons (Fsp3) is 0.462. The molecule has 0 saturated heterocycles. The highest BCUT2D eigenvalue weighted by molar-refractivity contribution is 5.76. The molecule has 0 heterocycles. The number of halogens is 1. The lowest BCUT2D eigenvalue weighted by Gasteiger charge is -2.17. The average Bonchev–Trinajstić information content (AvgIpc) is 2.43. The monoisotopic (exact) mass is 300 g/mol. The zero-order chi connectivity index (χ0) is 15.8. The molecule has 0 aliphatic rings. The quantitative estimate of drug-likeness (QED) is 0.446. The Morgan fingerprint density at radius 1 is 1.48 bits per heavy atom. The molecule has 0 aromatic heterocycles. The van der Waals surface area contributed by atoms with Crippen LogP contribution in [0.15, 0.2) is 18.2 Å². The van der Waals surface area contributed by atoms with Crippen LogP contribution in [0.4, 0.5) is 10.1 Å². The van der Waals surface area contributed by atoms with E-state index in [0.717, 1.165) is 12.1 Å². The molecule has 1 rings (SSSR count). The van der Waals surface area contributed by atoms with Crippen LogP contribution in [0.2, 0.25) is 0 Å². The van der Waals surface area contributed by atoms with Crippen molar-refractivity contribution in [1.29, 1.82) is 0 Å². The average molecular weight is 300 g/mol. The molecule has 1 N–H and O–H groups in total. The van der Waals surface area contributed by atoms with Gasteiger partial charge in [0.05, 0.1) is 11.5 Å². The van der Waals surface area contributed by atoms with Gasteiger partial charge in [0.25, 0.3) is 0 Å². The van der Waals surface area contributed by atoms with Gasteiger partial charge < -0.3 is 14.8 Å². The highest BCUT2D eigenvalue weighted by atomic mass is 19.1. The minimum atomic E-state index is -0.992. The molecule has 0 aliphatic heterocycles. The van der Waals surface area contributed by atoms with Crippen LogP contribution in [-0.4, -0.2) is 36.7 Å². The Kier molecular flexibility index (Phi) is 6.54. The third kappa shape index (κ3) is 4.99. The lowest BCUT2D eigenvalue weighted by molar-refractivity contribution is -0.387. The lowest BCUT2D eigenvalue weighted by atomic mass is 10.3. The van der Waals surface area contributed by atoms with Crippen LogP contribution in [0.5, 0.6) is 5.75 Å². The minimum absolute atomic E-state index is 0.0656. The highest BCUT2D eigenvalue weighted by Crippen LogP contribution is 2.22. The summed E-state index contributed by atoms with van der Waals surface area (Å²) in [4.78, 5) is 21.3. The molecular formula is C13H17FN2O5. The third-order valence-electron chi connectivity index (χ3n) is 2.55. The lowest BCUT2D eigenvalue weighted by Crippen LogP contribution is -2.42. The molecular weight excluding hydrogens is 283 g/mol. The number of likely N-dealkylation sites (N-methyl/N-ethyl adjacent to an activating group) is 1. The molecule has 7 nitrogen and oxygen atoms in total. The normalized spacial score (nSPS) is 11.8. The summed E-state index contributed by atoms with van der Waals surface area (Å²) in [6.45, 7) is 4.21. The zero-order valence-corrected chi connectivity index (χ0v) is 11.8. The first kappa shape index (κ1) is 16.8. The second-order valence-electron chi connectivity index (χ2n) is 4.04. The Morgan fingerprint density at radius 3 is 2.71 bits per heavy atom. The molecule has 0 amide bonds. The van der Waals surface area contributed by atoms with Crippen molar-refractivity contribution in [3.05, 3.63) is 34.1 Å². The van der Waals surface area contributed by atoms with E-state index in [-0.39, 0.29) is 19.0 Å². The molecule has 0 spiro atoms. The molecule has 0 fully saturated rings. The van der Waals surface area contributed by atoms with Crippen LogP contribution in [0.25, 0.3) is 0 Å². The Morgan fingerprint density at radius 2 is 2.19 bits per heavy atom. The van der Waals surface area contributed by atoms with E-state index in [1.165, 1.54) is 6.07 Å². The van der Waals surface area contributed by atoms with Crippen LogP contribution in [0.3, 0.4) is 0 Å². The van der Waals surface area contributed by atoms with E-state index in [1.807, 2.05) is 6.92 Å². The van der Waals surface area contributed by atoms with Crippen LogP contribution in [-0.2, 0) is 9.53 Å². The van der Waals surface area contributed by atoms with Gasteiger partial charge in [-0.15, -0.1) is 0 Å². The summed E-state index contributed by atoms with van der Waals surface area (Å²) in [7, 11) is 0. The third-order valence-corrected chi connectivity index (χ3v) is 2.55. The molecule has 1 atom stereocenters. The maximum absolute atomic E-state index is 13.4. The summed E-state index contributed by atoms with van der Waals surface area (Å²) in [5, 5.41) is 13.4. The number of esters is 1. The van der Waals surface area contributed by atoms with Gasteiger partial charge in [0, 0.05) is 12.1 Å². The van der Waals surface area contributed by atoms with Crippen molar-refractivity contribution in [3.8, 4) is 5.75 Å². The van der Waals surface area contributed by atoms with Gasteiger partial charge in [-0.2, -0.15) is 4.39 Å². The first-order chi connectivity index (χ1) is 9.99. The Labute approximate surface area is 121 Å². The van der Waals surface area contributed by atoms with E-state index in [1.54, 1.807) is 6.92 Å². The van der Waals surface area contributed by atoms with Crippen LogP contribution in [0.1, 0.15) is 13.8 Å². The second kappa shape index (κ2) is 8.15. The van der Waals surface area contributed by atoms with E-state index in [4.69, 9.17) is 9.47 Å². The molecule has 8 heteroatoms. The number of nitrogens with one attached hydrogen (secondary N) is 1. The molecule has 0 saturated carbocycles. The predicted octanol–water partition coefficient (Wildman–Crippen LogP) is 1.65. The number of carbonyl (C=O) groups is 1. The number of nitro benzene ring substituents is 1. The Hall–Kier alpha value is -2.22. The van der Waals surface area contributed by atoms with Gasteiger partial charge in [0.15, 0.2) is 0 Å². The molecule has 0 bridgehead atoms. The molecule has 1 unspecified atom stereocenters. The zero-order valence-electron chi connectivity index (χ0n) is 11.8. The number of nitrogens with zero attached hydrogens (tertiary/aromatic N) is 1. The van der Waals surface area contributed by atoms with Gasteiger partial charge >= 0.3 is 11.7 Å². The highest BCUT2D eigenvalue weighted by Gasteiger charge is 2.20. The molecule has 1 aromatic carbocycles. The van der Waals surface area contributed by atoms with Crippen LogP contribution in [0, 0.1) is 15.9 Å². The predicted molar refractivity (Wildman–Crippen MR) is 72.6 cm³/mol. The van der Waals surface area contributed by atoms with Gasteiger partial charge in [-0.1, -0.05) is 6.92 Å². The maximum Gasteiger partial charge on any atom is 0.326 e. The van der Waals surface area contributed by atoms with E-state index in [9.17, 15) is 19.3 Å². The number of hydrogen-bond acceptors (Lipinski definition) is 6. The standard InChI is InChI=1S/C13H17FN2O5/c1-3-15-11(13(17)20-4-2)8-21-9-5-6-12(16(18)19)10(14)7-9/h5-7,11,15H,3-4,8H2,1-2H3.